The summed E-state index contributed by atoms with van der Waals surface area (Å²) >= 11 is 0. The van der Waals surface area contributed by atoms with Gasteiger partial charge in [-0.3, -0.25) is 0 Å². The molecule has 0 heterocycles. The molecule has 2 N–H and O–H groups in total. The van der Waals surface area contributed by atoms with Gasteiger partial charge in [0.1, 0.15) is 11.5 Å². The molecule has 29 heavy (non-hydrogen) atoms. The molecule has 0 spiro atoms. The van der Waals surface area contributed by atoms with Crippen LogP contribution in [0.3, 0.4) is 0 Å². The van der Waals surface area contributed by atoms with Gasteiger partial charge in [0.15, 0.2) is 0 Å². The second-order valence-electron chi connectivity index (χ2n) is 6.46. The van der Waals surface area contributed by atoms with E-state index in [1.54, 1.807) is 6.07 Å². The van der Waals surface area contributed by atoms with Gasteiger partial charge in [-0.25, -0.2) is 10.5 Å². The lowest BCUT2D eigenvalue weighted by Crippen LogP contribution is -2.14. The summed E-state index contributed by atoms with van der Waals surface area (Å²) in [6.07, 6.45) is 0. The zero-order valence-corrected chi connectivity index (χ0v) is 15.8. The van der Waals surface area contributed by atoms with E-state index < -0.39 is 0 Å². The molecule has 0 unspecified atom stereocenters. The number of para-hydroxylation sites is 3. The molecule has 140 valence electrons. The van der Waals surface area contributed by atoms with Gasteiger partial charge in [-0.05, 0) is 35.4 Å². The molecule has 4 heteroatoms. The summed E-state index contributed by atoms with van der Waals surface area (Å²) in [5.41, 5.74) is 12.8. The SMILES string of the molecule is N=Nc1ccccc1N/C(=N/c1ccccc1)c1ccccc1-c1ccccc1. The molecular formula is C25H20N4. The smallest absolute Gasteiger partial charge is 0.139 e. The van der Waals surface area contributed by atoms with Crippen LogP contribution in [-0.2, 0) is 0 Å². The molecule has 4 nitrogen and oxygen atoms in total. The summed E-state index contributed by atoms with van der Waals surface area (Å²) in [6, 6.07) is 35.7. The van der Waals surface area contributed by atoms with E-state index in [2.05, 4.69) is 34.7 Å². The molecule has 0 radical (unpaired) electrons. The van der Waals surface area contributed by atoms with Crippen molar-refractivity contribution in [2.75, 3.05) is 5.32 Å². The average Bonchev–Trinajstić information content (AvgIpc) is 2.80. The van der Waals surface area contributed by atoms with Crippen LogP contribution in [-0.4, -0.2) is 5.84 Å². The van der Waals surface area contributed by atoms with Crippen LogP contribution in [0.5, 0.6) is 0 Å². The van der Waals surface area contributed by atoms with Gasteiger partial charge in [0.05, 0.1) is 11.4 Å². The average molecular weight is 376 g/mol. The molecule has 0 atom stereocenters. The number of hydrogen-bond donors (Lipinski definition) is 2. The van der Waals surface area contributed by atoms with E-state index in [4.69, 9.17) is 10.5 Å². The van der Waals surface area contributed by atoms with Crippen LogP contribution < -0.4 is 5.32 Å². The quantitative estimate of drug-likeness (QED) is 0.216. The van der Waals surface area contributed by atoms with Gasteiger partial charge in [-0.1, -0.05) is 84.9 Å². The second-order valence-corrected chi connectivity index (χ2v) is 6.46. The number of anilines is 1. The Bertz CT molecular complexity index is 1140. The van der Waals surface area contributed by atoms with Gasteiger partial charge in [0.2, 0.25) is 0 Å². The number of hydrogen-bond acceptors (Lipinski definition) is 3. The number of rotatable bonds is 5. The Morgan fingerprint density at radius 1 is 0.655 bits per heavy atom. The fourth-order valence-corrected chi connectivity index (χ4v) is 3.15. The van der Waals surface area contributed by atoms with Gasteiger partial charge < -0.3 is 5.32 Å². The maximum Gasteiger partial charge on any atom is 0.139 e. The van der Waals surface area contributed by atoms with Gasteiger partial charge in [0.25, 0.3) is 0 Å². The topological polar surface area (TPSA) is 60.6 Å². The Morgan fingerprint density at radius 3 is 2.03 bits per heavy atom. The first kappa shape index (κ1) is 18.3. The lowest BCUT2D eigenvalue weighted by Gasteiger charge is -2.16. The van der Waals surface area contributed by atoms with Gasteiger partial charge in [0, 0.05) is 5.56 Å². The number of benzene rings is 4. The van der Waals surface area contributed by atoms with Gasteiger partial charge in [-0.15, -0.1) is 0 Å². The van der Waals surface area contributed by atoms with Crippen molar-refractivity contribution in [2.45, 2.75) is 0 Å². The molecule has 4 aromatic rings. The summed E-state index contributed by atoms with van der Waals surface area (Å²) in [7, 11) is 0. The van der Waals surface area contributed by atoms with Crippen LogP contribution in [0.1, 0.15) is 5.56 Å². The molecule has 0 aliphatic carbocycles. The van der Waals surface area contributed by atoms with Gasteiger partial charge in [-0.2, -0.15) is 5.11 Å². The molecule has 0 aromatic heterocycles. The Morgan fingerprint density at radius 2 is 1.28 bits per heavy atom. The van der Waals surface area contributed by atoms with E-state index in [1.807, 2.05) is 78.9 Å². The summed E-state index contributed by atoms with van der Waals surface area (Å²) < 4.78 is 0. The van der Waals surface area contributed by atoms with Gasteiger partial charge >= 0.3 is 0 Å². The second kappa shape index (κ2) is 8.76. The normalized spacial score (nSPS) is 11.1. The van der Waals surface area contributed by atoms with Crippen LogP contribution in [0, 0.1) is 5.53 Å². The van der Waals surface area contributed by atoms with Crippen molar-refractivity contribution in [1.82, 2.24) is 0 Å². The molecule has 0 amide bonds. The largest absolute Gasteiger partial charge is 0.338 e. The highest BCUT2D eigenvalue weighted by molar-refractivity contribution is 6.14. The van der Waals surface area contributed by atoms with Crippen molar-refractivity contribution in [2.24, 2.45) is 10.1 Å². The van der Waals surface area contributed by atoms with Crippen LogP contribution in [0.15, 0.2) is 119 Å². The van der Waals surface area contributed by atoms with Crippen molar-refractivity contribution in [3.05, 3.63) is 115 Å². The number of amidine groups is 1. The fourth-order valence-electron chi connectivity index (χ4n) is 3.15. The molecule has 0 saturated heterocycles. The Balaban J connectivity index is 1.86. The first-order chi connectivity index (χ1) is 14.3. The van der Waals surface area contributed by atoms with Crippen LogP contribution in [0.2, 0.25) is 0 Å². The van der Waals surface area contributed by atoms with E-state index in [1.165, 1.54) is 0 Å². The third-order valence-corrected chi connectivity index (χ3v) is 4.54. The molecular weight excluding hydrogens is 356 g/mol. The molecule has 4 aromatic carbocycles. The minimum absolute atomic E-state index is 0.561. The molecule has 0 bridgehead atoms. The van der Waals surface area contributed by atoms with Crippen LogP contribution in [0.4, 0.5) is 17.1 Å². The summed E-state index contributed by atoms with van der Waals surface area (Å²) in [5, 5.41) is 7.05. The number of nitrogens with zero attached hydrogens (tertiary/aromatic N) is 2. The summed E-state index contributed by atoms with van der Waals surface area (Å²) in [4.78, 5) is 4.89. The minimum Gasteiger partial charge on any atom is -0.338 e. The maximum atomic E-state index is 7.48. The molecule has 0 aliphatic heterocycles. The zero-order chi connectivity index (χ0) is 19.9. The minimum atomic E-state index is 0.561. The van der Waals surface area contributed by atoms with Crippen molar-refractivity contribution in [3.63, 3.8) is 0 Å². The molecule has 0 aliphatic rings. The summed E-state index contributed by atoms with van der Waals surface area (Å²) in [5.74, 6) is 0.701. The predicted octanol–water partition coefficient (Wildman–Crippen LogP) is 7.21. The summed E-state index contributed by atoms with van der Waals surface area (Å²) in [6.45, 7) is 0. The highest BCUT2D eigenvalue weighted by Gasteiger charge is 2.13. The van der Waals surface area contributed by atoms with Crippen molar-refractivity contribution < 1.29 is 0 Å². The zero-order valence-electron chi connectivity index (χ0n) is 15.8. The molecule has 0 fully saturated rings. The van der Waals surface area contributed by atoms with Crippen LogP contribution in [0.25, 0.3) is 11.1 Å². The monoisotopic (exact) mass is 376 g/mol. The van der Waals surface area contributed by atoms with E-state index >= 15 is 0 Å². The maximum absolute atomic E-state index is 7.48. The lowest BCUT2D eigenvalue weighted by molar-refractivity contribution is 1.15. The third-order valence-electron chi connectivity index (χ3n) is 4.54. The van der Waals surface area contributed by atoms with Crippen LogP contribution >= 0.6 is 0 Å². The van der Waals surface area contributed by atoms with Crippen molar-refractivity contribution in [3.8, 4) is 11.1 Å². The van der Waals surface area contributed by atoms with Crippen molar-refractivity contribution >= 4 is 22.9 Å². The van der Waals surface area contributed by atoms with E-state index in [0.29, 0.717) is 11.5 Å². The molecule has 4 rings (SSSR count). The highest BCUT2D eigenvalue weighted by atomic mass is 15.0. The predicted molar refractivity (Wildman–Crippen MR) is 119 cm³/mol. The number of aliphatic imine (C=N–C) groups is 1. The van der Waals surface area contributed by atoms with Crippen molar-refractivity contribution in [1.29, 1.82) is 5.53 Å². The fraction of sp³-hybridized carbons (Fsp3) is 0. The standard InChI is InChI=1S/C25H20N4/c26-29-24-18-10-9-17-23(24)28-25(27-20-13-5-2-6-14-20)22-16-8-7-15-21(22)19-11-3-1-4-12-19/h1-18,26H,(H,27,28). The third kappa shape index (κ3) is 4.28. The Hall–Kier alpha value is -4.05. The first-order valence-electron chi connectivity index (χ1n) is 9.37. The Labute approximate surface area is 170 Å². The Kier molecular flexibility index (Phi) is 5.53. The van der Waals surface area contributed by atoms with E-state index in [-0.39, 0.29) is 0 Å². The molecule has 0 saturated carbocycles. The number of nitrogens with one attached hydrogen (secondary N) is 2. The van der Waals surface area contributed by atoms with E-state index in [0.717, 1.165) is 28.1 Å². The lowest BCUT2D eigenvalue weighted by atomic mass is 9.98. The first-order valence-corrected chi connectivity index (χ1v) is 9.37. The highest BCUT2D eigenvalue weighted by Crippen LogP contribution is 2.29. The van der Waals surface area contributed by atoms with E-state index in [9.17, 15) is 0 Å².